The molecular weight excluding hydrogens is 520 g/mol. The van der Waals surface area contributed by atoms with Gasteiger partial charge in [0.25, 0.3) is 15.9 Å². The van der Waals surface area contributed by atoms with Gasteiger partial charge in [-0.2, -0.15) is 0 Å². The van der Waals surface area contributed by atoms with Crippen LogP contribution in [0, 0.1) is 6.92 Å². The molecule has 9 heteroatoms. The van der Waals surface area contributed by atoms with Gasteiger partial charge < -0.3 is 15.1 Å². The maximum atomic E-state index is 13.9. The van der Waals surface area contributed by atoms with Crippen molar-refractivity contribution in [1.82, 2.24) is 15.1 Å². The Balaban J connectivity index is 1.56. The Morgan fingerprint density at radius 3 is 2.29 bits per heavy atom. The molecule has 38 heavy (non-hydrogen) atoms. The summed E-state index contributed by atoms with van der Waals surface area (Å²) in [4.78, 5) is 18.2. The van der Waals surface area contributed by atoms with E-state index in [1.807, 2.05) is 6.92 Å². The van der Waals surface area contributed by atoms with Gasteiger partial charge in [0.2, 0.25) is 0 Å². The highest BCUT2D eigenvalue weighted by Gasteiger charge is 2.28. The number of carbonyl (C=O) groups is 1. The summed E-state index contributed by atoms with van der Waals surface area (Å²) in [6.07, 6.45) is 0.827. The van der Waals surface area contributed by atoms with Gasteiger partial charge in [-0.1, -0.05) is 53.6 Å². The minimum atomic E-state index is -3.97. The van der Waals surface area contributed by atoms with Crippen LogP contribution in [0.2, 0.25) is 5.02 Å². The number of halogens is 1. The van der Waals surface area contributed by atoms with Gasteiger partial charge in [0.1, 0.15) is 0 Å². The molecule has 1 N–H and O–H groups in total. The lowest BCUT2D eigenvalue weighted by Gasteiger charge is -2.32. The summed E-state index contributed by atoms with van der Waals surface area (Å²) >= 11 is 6.06. The van der Waals surface area contributed by atoms with Gasteiger partial charge in [0.15, 0.2) is 0 Å². The number of amides is 1. The second kappa shape index (κ2) is 12.8. The fourth-order valence-corrected chi connectivity index (χ4v) is 6.04. The molecule has 1 saturated heterocycles. The molecule has 0 unspecified atom stereocenters. The molecule has 0 atom stereocenters. The molecule has 4 rings (SSSR count). The van der Waals surface area contributed by atoms with Crippen LogP contribution in [0.3, 0.4) is 0 Å². The van der Waals surface area contributed by atoms with Crippen molar-refractivity contribution in [3.8, 4) is 0 Å². The number of nitrogens with zero attached hydrogens (tertiary/aromatic N) is 3. The second-order valence-electron chi connectivity index (χ2n) is 9.72. The van der Waals surface area contributed by atoms with Crippen LogP contribution >= 0.6 is 11.6 Å². The van der Waals surface area contributed by atoms with E-state index in [-0.39, 0.29) is 17.3 Å². The number of hydrogen-bond donors (Lipinski definition) is 1. The van der Waals surface area contributed by atoms with E-state index >= 15 is 0 Å². The lowest BCUT2D eigenvalue weighted by molar-refractivity contribution is 0.0950. The average Bonchev–Trinajstić information content (AvgIpc) is 2.92. The third-order valence-corrected chi connectivity index (χ3v) is 8.82. The number of benzene rings is 3. The molecule has 3 aromatic rings. The quantitative estimate of drug-likeness (QED) is 0.376. The third-order valence-electron chi connectivity index (χ3n) is 6.80. The molecule has 7 nitrogen and oxygen atoms in total. The van der Waals surface area contributed by atoms with E-state index in [9.17, 15) is 13.2 Å². The predicted molar refractivity (Wildman–Crippen MR) is 153 cm³/mol. The van der Waals surface area contributed by atoms with Crippen LogP contribution in [-0.4, -0.2) is 70.4 Å². The van der Waals surface area contributed by atoms with Gasteiger partial charge >= 0.3 is 0 Å². The van der Waals surface area contributed by atoms with Gasteiger partial charge in [-0.3, -0.25) is 9.10 Å². The Bertz CT molecular complexity index is 1320. The zero-order valence-electron chi connectivity index (χ0n) is 21.9. The van der Waals surface area contributed by atoms with E-state index in [4.69, 9.17) is 11.6 Å². The standard InChI is InChI=1S/C29H35ClN4O3S/c1-23-8-14-26(15-9-23)38(36,37)34(22-24-10-12-25(30)13-11-24)28-7-4-3-6-27(28)29(35)31-16-5-17-33-20-18-32(2)19-21-33/h3-4,6-15H,5,16-22H2,1-2H3,(H,31,35). The summed E-state index contributed by atoms with van der Waals surface area (Å²) in [5.41, 5.74) is 2.37. The number of piperazine rings is 1. The summed E-state index contributed by atoms with van der Waals surface area (Å²) in [6, 6.07) is 20.6. The number of para-hydroxylation sites is 1. The number of rotatable bonds is 10. The molecular formula is C29H35ClN4O3S. The number of anilines is 1. The molecule has 1 aliphatic heterocycles. The molecule has 3 aromatic carbocycles. The van der Waals surface area contributed by atoms with Crippen molar-refractivity contribution >= 4 is 33.2 Å². The van der Waals surface area contributed by atoms with E-state index in [2.05, 4.69) is 22.2 Å². The lowest BCUT2D eigenvalue weighted by atomic mass is 10.1. The van der Waals surface area contributed by atoms with Crippen LogP contribution in [0.15, 0.2) is 77.7 Å². The SMILES string of the molecule is Cc1ccc(S(=O)(=O)N(Cc2ccc(Cl)cc2)c2ccccc2C(=O)NCCCN2CCN(C)CC2)cc1. The maximum Gasteiger partial charge on any atom is 0.264 e. The minimum Gasteiger partial charge on any atom is -0.352 e. The monoisotopic (exact) mass is 554 g/mol. The molecule has 202 valence electrons. The van der Waals surface area contributed by atoms with Crippen molar-refractivity contribution < 1.29 is 13.2 Å². The van der Waals surface area contributed by atoms with Gasteiger partial charge in [-0.05, 0) is 68.9 Å². The molecule has 0 saturated carbocycles. The van der Waals surface area contributed by atoms with Crippen molar-refractivity contribution in [1.29, 1.82) is 0 Å². The zero-order chi connectivity index (χ0) is 27.1. The highest BCUT2D eigenvalue weighted by atomic mass is 35.5. The molecule has 0 radical (unpaired) electrons. The summed E-state index contributed by atoms with van der Waals surface area (Å²) < 4.78 is 29.1. The first-order valence-corrected chi connectivity index (χ1v) is 14.7. The van der Waals surface area contributed by atoms with Gasteiger partial charge in [0, 0.05) is 37.7 Å². The summed E-state index contributed by atoms with van der Waals surface area (Å²) in [7, 11) is -1.84. The van der Waals surface area contributed by atoms with Crippen LogP contribution in [-0.2, 0) is 16.6 Å². The van der Waals surface area contributed by atoms with Crippen molar-refractivity contribution in [2.75, 3.05) is 50.6 Å². The molecule has 1 fully saturated rings. The molecule has 1 amide bonds. The summed E-state index contributed by atoms with van der Waals surface area (Å²) in [6.45, 7) is 7.57. The molecule has 0 spiro atoms. The largest absolute Gasteiger partial charge is 0.352 e. The number of hydrogen-bond acceptors (Lipinski definition) is 5. The van der Waals surface area contributed by atoms with Crippen LogP contribution in [0.25, 0.3) is 0 Å². The number of carbonyl (C=O) groups excluding carboxylic acids is 1. The number of nitrogens with one attached hydrogen (secondary N) is 1. The number of sulfonamides is 1. The predicted octanol–water partition coefficient (Wildman–Crippen LogP) is 4.41. The van der Waals surface area contributed by atoms with E-state index in [0.717, 1.165) is 50.3 Å². The highest BCUT2D eigenvalue weighted by molar-refractivity contribution is 7.92. The van der Waals surface area contributed by atoms with Crippen LogP contribution in [0.4, 0.5) is 5.69 Å². The Labute approximate surface area is 231 Å². The first-order chi connectivity index (χ1) is 18.2. The Kier molecular flexibility index (Phi) is 9.44. The van der Waals surface area contributed by atoms with Crippen molar-refractivity contribution in [2.24, 2.45) is 0 Å². The average molecular weight is 555 g/mol. The van der Waals surface area contributed by atoms with Crippen molar-refractivity contribution in [2.45, 2.75) is 24.8 Å². The molecule has 0 bridgehead atoms. The van der Waals surface area contributed by atoms with Crippen LogP contribution in [0.1, 0.15) is 27.9 Å². The van der Waals surface area contributed by atoms with E-state index < -0.39 is 10.0 Å². The smallest absolute Gasteiger partial charge is 0.264 e. The molecule has 1 aliphatic rings. The Morgan fingerprint density at radius 2 is 1.61 bits per heavy atom. The van der Waals surface area contributed by atoms with Gasteiger partial charge in [-0.15, -0.1) is 0 Å². The fourth-order valence-electron chi connectivity index (χ4n) is 4.45. The van der Waals surface area contributed by atoms with Crippen LogP contribution in [0.5, 0.6) is 0 Å². The Morgan fingerprint density at radius 1 is 0.947 bits per heavy atom. The van der Waals surface area contributed by atoms with Crippen LogP contribution < -0.4 is 9.62 Å². The fraction of sp³-hybridized carbons (Fsp3) is 0.345. The summed E-state index contributed by atoms with van der Waals surface area (Å²) in [5, 5.41) is 3.57. The highest BCUT2D eigenvalue weighted by Crippen LogP contribution is 2.30. The first-order valence-electron chi connectivity index (χ1n) is 12.9. The number of likely N-dealkylation sites (N-methyl/N-ethyl adjacent to an activating group) is 1. The summed E-state index contributed by atoms with van der Waals surface area (Å²) in [5.74, 6) is -0.292. The minimum absolute atomic E-state index is 0.0566. The Hall–Kier alpha value is -2.91. The maximum absolute atomic E-state index is 13.9. The van der Waals surface area contributed by atoms with E-state index in [1.165, 1.54) is 4.31 Å². The normalized spacial score (nSPS) is 14.8. The van der Waals surface area contributed by atoms with Gasteiger partial charge in [-0.25, -0.2) is 8.42 Å². The number of aryl methyl sites for hydroxylation is 1. The topological polar surface area (TPSA) is 73.0 Å². The first kappa shape index (κ1) is 28.1. The van der Waals surface area contributed by atoms with Crippen molar-refractivity contribution in [3.63, 3.8) is 0 Å². The van der Waals surface area contributed by atoms with E-state index in [0.29, 0.717) is 22.8 Å². The van der Waals surface area contributed by atoms with Gasteiger partial charge in [0.05, 0.1) is 22.7 Å². The lowest BCUT2D eigenvalue weighted by Crippen LogP contribution is -2.45. The van der Waals surface area contributed by atoms with Crippen molar-refractivity contribution in [3.05, 3.63) is 94.5 Å². The third kappa shape index (κ3) is 7.14. The molecule has 0 aliphatic carbocycles. The molecule has 1 heterocycles. The van der Waals surface area contributed by atoms with E-state index in [1.54, 1.807) is 72.8 Å². The molecule has 0 aromatic heterocycles. The zero-order valence-corrected chi connectivity index (χ0v) is 23.5. The second-order valence-corrected chi connectivity index (χ2v) is 12.0.